The summed E-state index contributed by atoms with van der Waals surface area (Å²) in [5, 5.41) is 14.5. The van der Waals surface area contributed by atoms with Gasteiger partial charge in [0.25, 0.3) is 0 Å². The van der Waals surface area contributed by atoms with Crippen molar-refractivity contribution in [2.75, 3.05) is 6.54 Å². The monoisotopic (exact) mass is 332 g/mol. The van der Waals surface area contributed by atoms with Gasteiger partial charge in [0.15, 0.2) is 0 Å². The molecule has 0 bridgehead atoms. The van der Waals surface area contributed by atoms with Gasteiger partial charge in [-0.2, -0.15) is 0 Å². The number of alkyl halides is 3. The minimum atomic E-state index is -4.85. The molecule has 2 rings (SSSR count). The Hall–Kier alpha value is -2.29. The lowest BCUT2D eigenvalue weighted by molar-refractivity contribution is -0.274. The van der Waals surface area contributed by atoms with Crippen LogP contribution in [0, 0.1) is 5.92 Å². The van der Waals surface area contributed by atoms with Gasteiger partial charge < -0.3 is 20.5 Å². The molecule has 2 unspecified atom stereocenters. The molecule has 0 aliphatic carbocycles. The zero-order chi connectivity index (χ0) is 17.0. The average molecular weight is 332 g/mol. The molecule has 0 saturated carbocycles. The van der Waals surface area contributed by atoms with Crippen molar-refractivity contribution in [3.63, 3.8) is 0 Å². The second kappa shape index (κ2) is 6.86. The number of amides is 2. The molecule has 1 saturated heterocycles. The number of rotatable bonds is 4. The lowest BCUT2D eigenvalue weighted by Crippen LogP contribution is -2.51. The van der Waals surface area contributed by atoms with Gasteiger partial charge in [0, 0.05) is 18.7 Å². The number of aliphatic hydroxyl groups excluding tert-OH is 1. The molecule has 126 valence electrons. The molecule has 2 atom stereocenters. The number of ether oxygens (including phenoxy) is 1. The normalized spacial score (nSPS) is 21.5. The Bertz CT molecular complexity index is 592. The Kier molecular flexibility index (Phi) is 5.09. The summed E-state index contributed by atoms with van der Waals surface area (Å²) in [5.41, 5.74) is 0.101. The summed E-state index contributed by atoms with van der Waals surface area (Å²) in [5.74, 6) is -3.08. The van der Waals surface area contributed by atoms with Crippen molar-refractivity contribution in [2.24, 2.45) is 5.92 Å². The number of aliphatic hydroxyl groups is 1. The van der Waals surface area contributed by atoms with E-state index in [0.717, 1.165) is 6.07 Å². The maximum absolute atomic E-state index is 12.3. The largest absolute Gasteiger partial charge is 0.573 e. The smallest absolute Gasteiger partial charge is 0.405 e. The van der Waals surface area contributed by atoms with E-state index in [9.17, 15) is 27.9 Å². The zero-order valence-corrected chi connectivity index (χ0v) is 11.9. The molecule has 1 fully saturated rings. The molecule has 2 amide bonds. The first-order valence-electron chi connectivity index (χ1n) is 6.85. The van der Waals surface area contributed by atoms with Crippen LogP contribution in [0.4, 0.5) is 13.2 Å². The van der Waals surface area contributed by atoms with Crippen LogP contribution in [0.5, 0.6) is 5.75 Å². The third-order valence-electron chi connectivity index (χ3n) is 3.34. The van der Waals surface area contributed by atoms with Crippen molar-refractivity contribution in [1.82, 2.24) is 10.6 Å². The highest BCUT2D eigenvalue weighted by Gasteiger charge is 2.36. The van der Waals surface area contributed by atoms with Gasteiger partial charge in [-0.1, -0.05) is 18.2 Å². The van der Waals surface area contributed by atoms with Crippen molar-refractivity contribution in [3.8, 4) is 5.75 Å². The number of piperidine rings is 1. The molecule has 6 nitrogen and oxygen atoms in total. The zero-order valence-electron chi connectivity index (χ0n) is 11.9. The van der Waals surface area contributed by atoms with Crippen LogP contribution in [0.15, 0.2) is 24.3 Å². The van der Waals surface area contributed by atoms with Crippen LogP contribution in [0.25, 0.3) is 0 Å². The van der Waals surface area contributed by atoms with E-state index in [4.69, 9.17) is 0 Å². The summed E-state index contributed by atoms with van der Waals surface area (Å²) in [4.78, 5) is 23.6. The Balaban J connectivity index is 2.03. The predicted octanol–water partition coefficient (Wildman–Crippen LogP) is 0.698. The minimum Gasteiger partial charge on any atom is -0.405 e. The standard InChI is InChI=1S/C14H15F3N2O4/c15-14(16,17)23-10-4-2-1-3-8(10)7-19-13(22)11-9(20)5-6-18-12(11)21/h1-4,9,11,20H,5-7H2,(H,18,21)(H,19,22). The highest BCUT2D eigenvalue weighted by atomic mass is 19.4. The highest BCUT2D eigenvalue weighted by Crippen LogP contribution is 2.26. The molecule has 1 heterocycles. The van der Waals surface area contributed by atoms with Gasteiger partial charge in [-0.05, 0) is 12.5 Å². The van der Waals surface area contributed by atoms with Crippen LogP contribution in [0.1, 0.15) is 12.0 Å². The van der Waals surface area contributed by atoms with Crippen molar-refractivity contribution in [3.05, 3.63) is 29.8 Å². The summed E-state index contributed by atoms with van der Waals surface area (Å²) in [7, 11) is 0. The number of hydrogen-bond donors (Lipinski definition) is 3. The Labute approximate surface area is 129 Å². The van der Waals surface area contributed by atoms with E-state index in [1.165, 1.54) is 18.2 Å². The first-order valence-corrected chi connectivity index (χ1v) is 6.85. The van der Waals surface area contributed by atoms with Crippen LogP contribution < -0.4 is 15.4 Å². The number of halogens is 3. The maximum atomic E-state index is 12.3. The van der Waals surface area contributed by atoms with E-state index in [1.54, 1.807) is 0 Å². The van der Waals surface area contributed by atoms with E-state index in [0.29, 0.717) is 0 Å². The molecule has 9 heteroatoms. The molecule has 1 aromatic carbocycles. The van der Waals surface area contributed by atoms with Gasteiger partial charge in [0.05, 0.1) is 6.10 Å². The van der Waals surface area contributed by atoms with Gasteiger partial charge >= 0.3 is 6.36 Å². The SMILES string of the molecule is O=C1NCCC(O)C1C(=O)NCc1ccccc1OC(F)(F)F. The van der Waals surface area contributed by atoms with E-state index in [2.05, 4.69) is 15.4 Å². The highest BCUT2D eigenvalue weighted by molar-refractivity contribution is 6.01. The van der Waals surface area contributed by atoms with Gasteiger partial charge in [0.2, 0.25) is 11.8 Å². The van der Waals surface area contributed by atoms with Crippen LogP contribution in [-0.2, 0) is 16.1 Å². The number of nitrogens with one attached hydrogen (secondary N) is 2. The third kappa shape index (κ3) is 4.59. The van der Waals surface area contributed by atoms with Crippen LogP contribution >= 0.6 is 0 Å². The fourth-order valence-corrected chi connectivity index (χ4v) is 2.25. The summed E-state index contributed by atoms with van der Waals surface area (Å²) in [6, 6.07) is 5.34. The fourth-order valence-electron chi connectivity index (χ4n) is 2.25. The molecule has 1 aliphatic rings. The Morgan fingerprint density at radius 2 is 2.09 bits per heavy atom. The Morgan fingerprint density at radius 3 is 2.74 bits per heavy atom. The molecule has 1 aromatic rings. The number of benzene rings is 1. The van der Waals surface area contributed by atoms with Crippen LogP contribution in [0.2, 0.25) is 0 Å². The first kappa shape index (κ1) is 17.1. The predicted molar refractivity (Wildman–Crippen MR) is 72.1 cm³/mol. The Morgan fingerprint density at radius 1 is 1.39 bits per heavy atom. The lowest BCUT2D eigenvalue weighted by Gasteiger charge is -2.26. The van der Waals surface area contributed by atoms with Crippen molar-refractivity contribution in [1.29, 1.82) is 0 Å². The van der Waals surface area contributed by atoms with Gasteiger partial charge in [-0.15, -0.1) is 13.2 Å². The quantitative estimate of drug-likeness (QED) is 0.708. The summed E-state index contributed by atoms with van der Waals surface area (Å²) in [6.07, 6.45) is -5.73. The minimum absolute atomic E-state index is 0.101. The second-order valence-electron chi connectivity index (χ2n) is 5.00. The first-order chi connectivity index (χ1) is 10.8. The average Bonchev–Trinajstić information content (AvgIpc) is 2.44. The lowest BCUT2D eigenvalue weighted by atomic mass is 9.94. The van der Waals surface area contributed by atoms with E-state index < -0.39 is 35.9 Å². The van der Waals surface area contributed by atoms with Crippen molar-refractivity contribution < 1.29 is 32.6 Å². The van der Waals surface area contributed by atoms with Gasteiger partial charge in [-0.25, -0.2) is 0 Å². The fraction of sp³-hybridized carbons (Fsp3) is 0.429. The molecule has 23 heavy (non-hydrogen) atoms. The third-order valence-corrected chi connectivity index (χ3v) is 3.34. The maximum Gasteiger partial charge on any atom is 0.573 e. The number of para-hydroxylation sites is 1. The molecular formula is C14H15F3N2O4. The second-order valence-corrected chi connectivity index (χ2v) is 5.00. The number of carbonyl (C=O) groups is 2. The van der Waals surface area contributed by atoms with Crippen molar-refractivity contribution in [2.45, 2.75) is 25.4 Å². The summed E-state index contributed by atoms with van der Waals surface area (Å²) >= 11 is 0. The van der Waals surface area contributed by atoms with Crippen molar-refractivity contribution >= 4 is 11.8 Å². The van der Waals surface area contributed by atoms with Gasteiger partial charge in [-0.3, -0.25) is 9.59 Å². The van der Waals surface area contributed by atoms with E-state index in [-0.39, 0.29) is 25.1 Å². The van der Waals surface area contributed by atoms with Crippen LogP contribution in [-0.4, -0.2) is 35.9 Å². The molecule has 1 aliphatic heterocycles. The summed E-state index contributed by atoms with van der Waals surface area (Å²) < 4.78 is 40.8. The molecule has 3 N–H and O–H groups in total. The number of carbonyl (C=O) groups excluding carboxylic acids is 2. The van der Waals surface area contributed by atoms with E-state index >= 15 is 0 Å². The molecule has 0 spiro atoms. The molecule has 0 radical (unpaired) electrons. The van der Waals surface area contributed by atoms with Gasteiger partial charge in [0.1, 0.15) is 11.7 Å². The molecule has 0 aromatic heterocycles. The summed E-state index contributed by atoms with van der Waals surface area (Å²) in [6.45, 7) is 0.00756. The van der Waals surface area contributed by atoms with Crippen LogP contribution in [0.3, 0.4) is 0 Å². The molecular weight excluding hydrogens is 317 g/mol. The van der Waals surface area contributed by atoms with E-state index in [1.807, 2.05) is 0 Å². The number of hydrogen-bond acceptors (Lipinski definition) is 4. The topological polar surface area (TPSA) is 87.7 Å².